The molecule has 0 bridgehead atoms. The zero-order valence-electron chi connectivity index (χ0n) is 20.6. The fraction of sp³-hybridized carbons (Fsp3) is 0.286. The fourth-order valence-corrected chi connectivity index (χ4v) is 6.61. The van der Waals surface area contributed by atoms with Gasteiger partial charge >= 0.3 is 0 Å². The van der Waals surface area contributed by atoms with Crippen molar-refractivity contribution in [2.45, 2.75) is 31.2 Å². The summed E-state index contributed by atoms with van der Waals surface area (Å²) < 4.78 is 33.1. The van der Waals surface area contributed by atoms with Gasteiger partial charge in [-0.2, -0.15) is 4.31 Å². The van der Waals surface area contributed by atoms with Crippen LogP contribution in [0.3, 0.4) is 0 Å². The van der Waals surface area contributed by atoms with Crippen LogP contribution in [0.5, 0.6) is 5.75 Å². The molecule has 1 amide bonds. The highest BCUT2D eigenvalue weighted by Gasteiger charge is 2.28. The lowest BCUT2D eigenvalue weighted by atomic mass is 10.0. The number of nitrogens with one attached hydrogen (secondary N) is 1. The standard InChI is InChI=1S/C28H28N4O4S/c1-19-29-25-10-6-22(17-26(25)30-19)21-7-11-27-23(16-21)18-31(14-15-36-27)28(33)20-4-8-24(9-5-20)37(34,35)32-12-2-3-13-32/h4-11,16-17H,2-3,12-15,18H2,1H3,(H,29,30). The molecular weight excluding hydrogens is 488 g/mol. The lowest BCUT2D eigenvalue weighted by Crippen LogP contribution is -2.32. The topological polar surface area (TPSA) is 95.6 Å². The molecule has 4 aromatic rings. The fourth-order valence-electron chi connectivity index (χ4n) is 5.09. The van der Waals surface area contributed by atoms with Crippen LogP contribution in [0, 0.1) is 6.92 Å². The van der Waals surface area contributed by atoms with E-state index in [1.54, 1.807) is 17.0 Å². The van der Waals surface area contributed by atoms with Crippen molar-refractivity contribution in [3.63, 3.8) is 0 Å². The van der Waals surface area contributed by atoms with Crippen LogP contribution in [-0.4, -0.2) is 59.7 Å². The summed E-state index contributed by atoms with van der Waals surface area (Å²) in [5.74, 6) is 1.49. The Hall–Kier alpha value is -3.69. The van der Waals surface area contributed by atoms with Crippen molar-refractivity contribution in [2.75, 3.05) is 26.2 Å². The predicted molar refractivity (Wildman–Crippen MR) is 141 cm³/mol. The Bertz CT molecular complexity index is 1590. The number of carbonyl (C=O) groups is 1. The lowest BCUT2D eigenvalue weighted by Gasteiger charge is -2.21. The molecule has 0 aliphatic carbocycles. The second-order valence-electron chi connectivity index (χ2n) is 9.59. The van der Waals surface area contributed by atoms with E-state index >= 15 is 0 Å². The van der Waals surface area contributed by atoms with Crippen molar-refractivity contribution in [3.05, 3.63) is 77.6 Å². The molecular formula is C28H28N4O4S. The van der Waals surface area contributed by atoms with Crippen LogP contribution in [0.1, 0.15) is 34.6 Å². The summed E-state index contributed by atoms with van der Waals surface area (Å²) in [7, 11) is -3.51. The maximum atomic E-state index is 13.4. The molecule has 190 valence electrons. The molecule has 6 rings (SSSR count). The second kappa shape index (κ2) is 9.32. The number of ether oxygens (including phenoxy) is 1. The lowest BCUT2D eigenvalue weighted by molar-refractivity contribution is 0.0733. The molecule has 0 saturated carbocycles. The summed E-state index contributed by atoms with van der Waals surface area (Å²) in [4.78, 5) is 23.1. The number of aromatic nitrogens is 2. The quantitative estimate of drug-likeness (QED) is 0.435. The first kappa shape index (κ1) is 23.7. The van der Waals surface area contributed by atoms with Crippen molar-refractivity contribution >= 4 is 27.0 Å². The molecule has 3 heterocycles. The Kier molecular flexibility index (Phi) is 5.97. The SMILES string of the molecule is Cc1nc2ccc(-c3ccc4c(c3)CN(C(=O)c3ccc(S(=O)(=O)N5CCCC5)cc3)CCO4)cc2[nH]1. The van der Waals surface area contributed by atoms with Gasteiger partial charge in [-0.15, -0.1) is 0 Å². The summed E-state index contributed by atoms with van der Waals surface area (Å²) in [5, 5.41) is 0. The molecule has 3 aromatic carbocycles. The predicted octanol–water partition coefficient (Wildman–Crippen LogP) is 4.36. The highest BCUT2D eigenvalue weighted by atomic mass is 32.2. The van der Waals surface area contributed by atoms with Gasteiger partial charge < -0.3 is 14.6 Å². The highest BCUT2D eigenvalue weighted by molar-refractivity contribution is 7.89. The zero-order chi connectivity index (χ0) is 25.6. The highest BCUT2D eigenvalue weighted by Crippen LogP contribution is 2.31. The number of nitrogens with zero attached hydrogens (tertiary/aromatic N) is 3. The average molecular weight is 517 g/mol. The first-order chi connectivity index (χ1) is 17.9. The first-order valence-corrected chi connectivity index (χ1v) is 13.9. The number of aryl methyl sites for hydroxylation is 1. The summed E-state index contributed by atoms with van der Waals surface area (Å²) in [6.07, 6.45) is 1.76. The average Bonchev–Trinajstić information content (AvgIpc) is 3.53. The minimum Gasteiger partial charge on any atom is -0.491 e. The number of fused-ring (bicyclic) bond motifs is 2. The maximum absolute atomic E-state index is 13.4. The minimum atomic E-state index is -3.51. The summed E-state index contributed by atoms with van der Waals surface area (Å²) in [5.41, 5.74) is 5.37. The van der Waals surface area contributed by atoms with E-state index in [0.717, 1.165) is 52.1 Å². The van der Waals surface area contributed by atoms with Crippen LogP contribution in [0.4, 0.5) is 0 Å². The van der Waals surface area contributed by atoms with E-state index in [-0.39, 0.29) is 10.8 Å². The third-order valence-electron chi connectivity index (χ3n) is 7.07. The molecule has 2 aliphatic heterocycles. The van der Waals surface area contributed by atoms with Gasteiger partial charge in [-0.3, -0.25) is 4.79 Å². The van der Waals surface area contributed by atoms with Gasteiger partial charge in [-0.1, -0.05) is 12.1 Å². The normalized spacial score (nSPS) is 16.4. The van der Waals surface area contributed by atoms with E-state index < -0.39 is 10.0 Å². The van der Waals surface area contributed by atoms with E-state index in [2.05, 4.69) is 22.1 Å². The molecule has 0 unspecified atom stereocenters. The van der Waals surface area contributed by atoms with Gasteiger partial charge in [0.25, 0.3) is 5.91 Å². The van der Waals surface area contributed by atoms with Crippen LogP contribution in [-0.2, 0) is 16.6 Å². The summed E-state index contributed by atoms with van der Waals surface area (Å²) in [6.45, 7) is 4.27. The molecule has 1 N–H and O–H groups in total. The van der Waals surface area contributed by atoms with E-state index in [1.807, 2.05) is 31.2 Å². The van der Waals surface area contributed by atoms with Crippen molar-refractivity contribution in [1.29, 1.82) is 0 Å². The van der Waals surface area contributed by atoms with Crippen molar-refractivity contribution in [1.82, 2.24) is 19.2 Å². The van der Waals surface area contributed by atoms with Gasteiger partial charge in [-0.05, 0) is 79.4 Å². The van der Waals surface area contributed by atoms with Gasteiger partial charge in [0.15, 0.2) is 0 Å². The number of benzene rings is 3. The monoisotopic (exact) mass is 516 g/mol. The molecule has 9 heteroatoms. The number of imidazole rings is 1. The number of H-pyrrole nitrogens is 1. The third kappa shape index (κ3) is 4.49. The largest absolute Gasteiger partial charge is 0.491 e. The maximum Gasteiger partial charge on any atom is 0.254 e. The Morgan fingerprint density at radius 3 is 2.46 bits per heavy atom. The molecule has 37 heavy (non-hydrogen) atoms. The molecule has 1 aromatic heterocycles. The molecule has 0 spiro atoms. The van der Waals surface area contributed by atoms with Crippen molar-refractivity contribution in [2.24, 2.45) is 0 Å². The molecule has 0 atom stereocenters. The number of hydrogen-bond donors (Lipinski definition) is 1. The molecule has 0 radical (unpaired) electrons. The molecule has 2 aliphatic rings. The summed E-state index contributed by atoms with van der Waals surface area (Å²) >= 11 is 0. The molecule has 8 nitrogen and oxygen atoms in total. The van der Waals surface area contributed by atoms with E-state index in [1.165, 1.54) is 16.4 Å². The number of sulfonamides is 1. The van der Waals surface area contributed by atoms with Crippen molar-refractivity contribution in [3.8, 4) is 16.9 Å². The zero-order valence-corrected chi connectivity index (χ0v) is 21.4. The second-order valence-corrected chi connectivity index (χ2v) is 11.5. The van der Waals surface area contributed by atoms with Crippen LogP contribution < -0.4 is 4.74 Å². The number of hydrogen-bond acceptors (Lipinski definition) is 5. The van der Waals surface area contributed by atoms with E-state index in [0.29, 0.717) is 38.3 Å². The van der Waals surface area contributed by atoms with Crippen LogP contribution >= 0.6 is 0 Å². The van der Waals surface area contributed by atoms with E-state index in [9.17, 15) is 13.2 Å². The van der Waals surface area contributed by atoms with Crippen LogP contribution in [0.25, 0.3) is 22.2 Å². The summed E-state index contributed by atoms with van der Waals surface area (Å²) in [6, 6.07) is 18.5. The van der Waals surface area contributed by atoms with Gasteiger partial charge in [0.2, 0.25) is 10.0 Å². The first-order valence-electron chi connectivity index (χ1n) is 12.5. The van der Waals surface area contributed by atoms with Gasteiger partial charge in [-0.25, -0.2) is 13.4 Å². The number of rotatable bonds is 4. The van der Waals surface area contributed by atoms with Crippen LogP contribution in [0.2, 0.25) is 0 Å². The number of aromatic amines is 1. The third-order valence-corrected chi connectivity index (χ3v) is 8.98. The Morgan fingerprint density at radius 2 is 1.68 bits per heavy atom. The van der Waals surface area contributed by atoms with E-state index in [4.69, 9.17) is 4.74 Å². The number of carbonyl (C=O) groups excluding carboxylic acids is 1. The van der Waals surface area contributed by atoms with Gasteiger partial charge in [0.1, 0.15) is 18.2 Å². The smallest absolute Gasteiger partial charge is 0.254 e. The Balaban J connectivity index is 1.24. The Labute approximate surface area is 215 Å². The molecule has 1 saturated heterocycles. The number of amides is 1. The van der Waals surface area contributed by atoms with Crippen molar-refractivity contribution < 1.29 is 17.9 Å². The Morgan fingerprint density at radius 1 is 0.946 bits per heavy atom. The van der Waals surface area contributed by atoms with Gasteiger partial charge in [0.05, 0.1) is 22.5 Å². The van der Waals surface area contributed by atoms with Gasteiger partial charge in [0, 0.05) is 30.8 Å². The van der Waals surface area contributed by atoms with Crippen LogP contribution in [0.15, 0.2) is 65.6 Å². The minimum absolute atomic E-state index is 0.152. The molecule has 1 fully saturated rings.